The normalized spacial score (nSPS) is 13.0. The number of hydrogen-bond acceptors (Lipinski definition) is 3. The van der Waals surface area contributed by atoms with Crippen LogP contribution >= 0.6 is 0 Å². The van der Waals surface area contributed by atoms with E-state index in [2.05, 4.69) is 16.0 Å². The van der Waals surface area contributed by atoms with Crippen LogP contribution < -0.4 is 20.9 Å². The summed E-state index contributed by atoms with van der Waals surface area (Å²) >= 11 is 0. The van der Waals surface area contributed by atoms with E-state index in [0.717, 1.165) is 12.8 Å². The molecule has 2 aromatic rings. The van der Waals surface area contributed by atoms with Crippen molar-refractivity contribution >= 4 is 29.0 Å². The Hall–Kier alpha value is -3.09. The molecule has 0 unspecified atom stereocenters. The van der Waals surface area contributed by atoms with E-state index in [0.29, 0.717) is 17.1 Å². The van der Waals surface area contributed by atoms with Crippen LogP contribution in [0.3, 0.4) is 0 Å². The number of nitrogens with zero attached hydrogens (tertiary/aromatic N) is 1. The van der Waals surface area contributed by atoms with Crippen molar-refractivity contribution in [2.45, 2.75) is 18.9 Å². The second kappa shape index (κ2) is 7.43. The highest BCUT2D eigenvalue weighted by Crippen LogP contribution is 2.21. The predicted molar refractivity (Wildman–Crippen MR) is 100 cm³/mol. The van der Waals surface area contributed by atoms with Crippen LogP contribution in [-0.2, 0) is 0 Å². The number of benzene rings is 2. The molecule has 0 radical (unpaired) electrons. The van der Waals surface area contributed by atoms with Crippen molar-refractivity contribution < 1.29 is 14.0 Å². The quantitative estimate of drug-likeness (QED) is 0.768. The van der Waals surface area contributed by atoms with Crippen LogP contribution in [0.1, 0.15) is 23.2 Å². The van der Waals surface area contributed by atoms with Gasteiger partial charge in [0.05, 0.1) is 5.69 Å². The van der Waals surface area contributed by atoms with Crippen molar-refractivity contribution in [3.63, 3.8) is 0 Å². The Balaban J connectivity index is 1.60. The van der Waals surface area contributed by atoms with Gasteiger partial charge in [0, 0.05) is 37.1 Å². The van der Waals surface area contributed by atoms with Crippen molar-refractivity contribution in [1.29, 1.82) is 0 Å². The summed E-state index contributed by atoms with van der Waals surface area (Å²) in [5.41, 5.74) is 1.84. The fourth-order valence-electron chi connectivity index (χ4n) is 2.43. The van der Waals surface area contributed by atoms with Crippen molar-refractivity contribution in [2.24, 2.45) is 0 Å². The van der Waals surface area contributed by atoms with Crippen molar-refractivity contribution in [2.75, 3.05) is 29.6 Å². The van der Waals surface area contributed by atoms with Gasteiger partial charge in [-0.15, -0.1) is 0 Å². The van der Waals surface area contributed by atoms with Crippen molar-refractivity contribution in [3.05, 3.63) is 53.8 Å². The highest BCUT2D eigenvalue weighted by Gasteiger charge is 2.23. The number of carbonyl (C=O) groups excluding carboxylic acids is 2. The number of anilines is 3. The van der Waals surface area contributed by atoms with Gasteiger partial charge in [0.1, 0.15) is 5.82 Å². The first kappa shape index (κ1) is 17.7. The zero-order valence-electron chi connectivity index (χ0n) is 14.7. The lowest BCUT2D eigenvalue weighted by molar-refractivity contribution is 0.102. The molecule has 0 spiro atoms. The third-order valence-corrected chi connectivity index (χ3v) is 4.00. The van der Waals surface area contributed by atoms with Crippen LogP contribution in [0.25, 0.3) is 0 Å². The summed E-state index contributed by atoms with van der Waals surface area (Å²) in [4.78, 5) is 25.6. The standard InChI is InChI=1S/C19H21FN4O2/c1-24(2)17-10-3-12(11-16(17)20)18(25)21-13-4-6-14(7-5-13)22-19(26)23-15-8-9-15/h3-7,10-11,15H,8-9H2,1-2H3,(H,21,25)(H2,22,23,26). The maximum absolute atomic E-state index is 14.0. The Morgan fingerprint density at radius 3 is 2.15 bits per heavy atom. The smallest absolute Gasteiger partial charge is 0.319 e. The highest BCUT2D eigenvalue weighted by atomic mass is 19.1. The number of carbonyl (C=O) groups is 2. The van der Waals surface area contributed by atoms with E-state index in [1.54, 1.807) is 55.4 Å². The third-order valence-electron chi connectivity index (χ3n) is 4.00. The van der Waals surface area contributed by atoms with Crippen LogP contribution in [0, 0.1) is 5.82 Å². The van der Waals surface area contributed by atoms with E-state index in [1.165, 1.54) is 6.07 Å². The molecule has 136 valence electrons. The molecular formula is C19H21FN4O2. The topological polar surface area (TPSA) is 73.5 Å². The molecule has 3 rings (SSSR count). The molecule has 0 bridgehead atoms. The van der Waals surface area contributed by atoms with E-state index in [-0.39, 0.29) is 17.6 Å². The highest BCUT2D eigenvalue weighted by molar-refractivity contribution is 6.04. The first-order valence-corrected chi connectivity index (χ1v) is 8.38. The van der Waals surface area contributed by atoms with Gasteiger partial charge < -0.3 is 20.9 Å². The van der Waals surface area contributed by atoms with Crippen molar-refractivity contribution in [1.82, 2.24) is 5.32 Å². The largest absolute Gasteiger partial charge is 0.375 e. The Morgan fingerprint density at radius 2 is 1.62 bits per heavy atom. The van der Waals surface area contributed by atoms with Crippen LogP contribution in [0.5, 0.6) is 0 Å². The molecule has 26 heavy (non-hydrogen) atoms. The molecule has 0 atom stereocenters. The lowest BCUT2D eigenvalue weighted by Gasteiger charge is -2.14. The van der Waals surface area contributed by atoms with E-state index < -0.39 is 11.7 Å². The third kappa shape index (κ3) is 4.50. The van der Waals surface area contributed by atoms with Gasteiger partial charge in [-0.1, -0.05) is 0 Å². The molecule has 3 N–H and O–H groups in total. The maximum atomic E-state index is 14.0. The Bertz CT molecular complexity index is 817. The zero-order valence-corrected chi connectivity index (χ0v) is 14.7. The first-order chi connectivity index (χ1) is 12.4. The minimum absolute atomic E-state index is 0.235. The van der Waals surface area contributed by atoms with Gasteiger partial charge in [-0.3, -0.25) is 4.79 Å². The van der Waals surface area contributed by atoms with Crippen molar-refractivity contribution in [3.8, 4) is 0 Å². The summed E-state index contributed by atoms with van der Waals surface area (Å²) in [7, 11) is 3.47. The molecule has 3 amide bonds. The molecule has 0 aliphatic heterocycles. The number of rotatable bonds is 5. The van der Waals surface area contributed by atoms with Crippen LogP contribution in [-0.4, -0.2) is 32.1 Å². The number of hydrogen-bond donors (Lipinski definition) is 3. The van der Waals surface area contributed by atoms with Gasteiger partial charge in [0.2, 0.25) is 0 Å². The van der Waals surface area contributed by atoms with Crippen LogP contribution in [0.15, 0.2) is 42.5 Å². The van der Waals surface area contributed by atoms with Gasteiger partial charge in [-0.05, 0) is 55.3 Å². The Labute approximate surface area is 151 Å². The molecule has 7 heteroatoms. The van der Waals surface area contributed by atoms with Gasteiger partial charge in [0.15, 0.2) is 0 Å². The molecule has 0 heterocycles. The molecule has 1 saturated carbocycles. The summed E-state index contributed by atoms with van der Waals surface area (Å²) in [6.45, 7) is 0. The fraction of sp³-hybridized carbons (Fsp3) is 0.263. The summed E-state index contributed by atoms with van der Waals surface area (Å²) < 4.78 is 14.0. The summed E-state index contributed by atoms with van der Waals surface area (Å²) in [6, 6.07) is 11.1. The monoisotopic (exact) mass is 356 g/mol. The molecule has 0 aromatic heterocycles. The molecule has 1 aliphatic rings. The molecule has 6 nitrogen and oxygen atoms in total. The fourth-order valence-corrected chi connectivity index (χ4v) is 2.43. The number of amides is 3. The summed E-state index contributed by atoms with van der Waals surface area (Å²) in [5.74, 6) is -0.856. The Morgan fingerprint density at radius 1 is 1.00 bits per heavy atom. The minimum atomic E-state index is -0.455. The molecular weight excluding hydrogens is 335 g/mol. The predicted octanol–water partition coefficient (Wildman–Crippen LogP) is 3.43. The number of nitrogens with one attached hydrogen (secondary N) is 3. The first-order valence-electron chi connectivity index (χ1n) is 8.38. The van der Waals surface area contributed by atoms with E-state index in [4.69, 9.17) is 0 Å². The second-order valence-electron chi connectivity index (χ2n) is 6.46. The number of urea groups is 1. The van der Waals surface area contributed by atoms with Gasteiger partial charge in [-0.25, -0.2) is 9.18 Å². The average molecular weight is 356 g/mol. The van der Waals surface area contributed by atoms with Gasteiger partial charge >= 0.3 is 6.03 Å². The average Bonchev–Trinajstić information content (AvgIpc) is 3.40. The maximum Gasteiger partial charge on any atom is 0.319 e. The molecule has 1 aliphatic carbocycles. The number of halogens is 1. The molecule has 1 fully saturated rings. The molecule has 0 saturated heterocycles. The van der Waals surface area contributed by atoms with E-state index in [1.807, 2.05) is 0 Å². The Kier molecular flexibility index (Phi) is 5.06. The van der Waals surface area contributed by atoms with Crippen LogP contribution in [0.4, 0.5) is 26.2 Å². The minimum Gasteiger partial charge on any atom is -0.375 e. The SMILES string of the molecule is CN(C)c1ccc(C(=O)Nc2ccc(NC(=O)NC3CC3)cc2)cc1F. The second-order valence-corrected chi connectivity index (χ2v) is 6.46. The lowest BCUT2D eigenvalue weighted by atomic mass is 10.1. The summed E-state index contributed by atoms with van der Waals surface area (Å²) in [5, 5.41) is 8.27. The zero-order chi connectivity index (χ0) is 18.7. The van der Waals surface area contributed by atoms with E-state index in [9.17, 15) is 14.0 Å². The van der Waals surface area contributed by atoms with Gasteiger partial charge in [0.25, 0.3) is 5.91 Å². The van der Waals surface area contributed by atoms with Gasteiger partial charge in [-0.2, -0.15) is 0 Å². The van der Waals surface area contributed by atoms with E-state index >= 15 is 0 Å². The van der Waals surface area contributed by atoms with Crippen LogP contribution in [0.2, 0.25) is 0 Å². The molecule has 2 aromatic carbocycles. The lowest BCUT2D eigenvalue weighted by Crippen LogP contribution is -2.30. The summed E-state index contributed by atoms with van der Waals surface area (Å²) in [6.07, 6.45) is 2.04.